The number of carbonyl (C=O) groups excluding carboxylic acids is 1. The molecule has 1 unspecified atom stereocenters. The number of nitrogens with one attached hydrogen (secondary N) is 2. The maximum absolute atomic E-state index is 11.9. The van der Waals surface area contributed by atoms with Crippen LogP contribution >= 0.6 is 12.4 Å². The van der Waals surface area contributed by atoms with Crippen molar-refractivity contribution in [1.82, 2.24) is 10.6 Å². The largest absolute Gasteiger partial charge is 0.493 e. The van der Waals surface area contributed by atoms with Gasteiger partial charge in [0.05, 0.1) is 20.3 Å². The molecular formula is C15H25ClN2O3. The van der Waals surface area contributed by atoms with Crippen LogP contribution in [0.25, 0.3) is 0 Å². The number of methoxy groups -OCH3 is 2. The highest BCUT2D eigenvalue weighted by atomic mass is 35.5. The number of ether oxygens (including phenoxy) is 2. The fraction of sp³-hybridized carbons (Fsp3) is 0.533. The van der Waals surface area contributed by atoms with Gasteiger partial charge in [0.15, 0.2) is 11.5 Å². The summed E-state index contributed by atoms with van der Waals surface area (Å²) in [5, 5.41) is 6.05. The molecule has 120 valence electrons. The molecule has 5 nitrogen and oxygen atoms in total. The fourth-order valence-corrected chi connectivity index (χ4v) is 1.79. The Balaban J connectivity index is 0.00000400. The zero-order valence-corrected chi connectivity index (χ0v) is 13.9. The summed E-state index contributed by atoms with van der Waals surface area (Å²) in [4.78, 5) is 11.9. The molecule has 1 aromatic rings. The van der Waals surface area contributed by atoms with E-state index in [-0.39, 0.29) is 24.4 Å². The van der Waals surface area contributed by atoms with Crippen molar-refractivity contribution in [3.8, 4) is 11.5 Å². The van der Waals surface area contributed by atoms with E-state index in [9.17, 15) is 4.79 Å². The van der Waals surface area contributed by atoms with Crippen LogP contribution in [0.5, 0.6) is 11.5 Å². The molecule has 0 radical (unpaired) electrons. The number of benzene rings is 1. The molecule has 0 saturated heterocycles. The van der Waals surface area contributed by atoms with Gasteiger partial charge in [-0.15, -0.1) is 12.4 Å². The SMILES string of the molecule is CCCNC(C)C(=O)NCc1ccc(OC)c(OC)c1.Cl. The quantitative estimate of drug-likeness (QED) is 0.771. The molecule has 6 heteroatoms. The van der Waals surface area contributed by atoms with Crippen LogP contribution in [-0.4, -0.2) is 32.7 Å². The first-order chi connectivity index (χ1) is 9.62. The monoisotopic (exact) mass is 316 g/mol. The predicted molar refractivity (Wildman–Crippen MR) is 86.4 cm³/mol. The lowest BCUT2D eigenvalue weighted by Crippen LogP contribution is -2.42. The number of halogens is 1. The molecule has 1 atom stereocenters. The van der Waals surface area contributed by atoms with E-state index in [2.05, 4.69) is 17.6 Å². The Bertz CT molecular complexity index is 441. The van der Waals surface area contributed by atoms with Gasteiger partial charge in [-0.3, -0.25) is 4.79 Å². The maximum atomic E-state index is 11.9. The van der Waals surface area contributed by atoms with Crippen LogP contribution in [0.1, 0.15) is 25.8 Å². The van der Waals surface area contributed by atoms with Crippen molar-refractivity contribution in [2.75, 3.05) is 20.8 Å². The maximum Gasteiger partial charge on any atom is 0.237 e. The van der Waals surface area contributed by atoms with Crippen LogP contribution in [0, 0.1) is 0 Å². The molecule has 2 N–H and O–H groups in total. The van der Waals surface area contributed by atoms with Gasteiger partial charge in [-0.05, 0) is 37.6 Å². The third kappa shape index (κ3) is 6.23. The standard InChI is InChI=1S/C15H24N2O3.ClH/c1-5-8-16-11(2)15(18)17-10-12-6-7-13(19-3)14(9-12)20-4;/h6-7,9,11,16H,5,8,10H2,1-4H3,(H,17,18);1H. The normalized spacial score (nSPS) is 11.2. The Morgan fingerprint density at radius 3 is 2.48 bits per heavy atom. The van der Waals surface area contributed by atoms with Crippen molar-refractivity contribution in [3.63, 3.8) is 0 Å². The number of carbonyl (C=O) groups is 1. The topological polar surface area (TPSA) is 59.6 Å². The first kappa shape index (κ1) is 19.5. The molecule has 0 aromatic heterocycles. The van der Waals surface area contributed by atoms with Crippen LogP contribution in [0.2, 0.25) is 0 Å². The molecule has 1 aromatic carbocycles. The second-order valence-corrected chi connectivity index (χ2v) is 4.58. The Hall–Kier alpha value is -1.46. The Labute approximate surface area is 132 Å². The van der Waals surface area contributed by atoms with E-state index < -0.39 is 0 Å². The average molecular weight is 317 g/mol. The minimum atomic E-state index is -0.185. The van der Waals surface area contributed by atoms with E-state index in [1.165, 1.54) is 0 Å². The molecule has 0 aliphatic heterocycles. The van der Waals surface area contributed by atoms with E-state index in [1.54, 1.807) is 14.2 Å². The lowest BCUT2D eigenvalue weighted by atomic mass is 10.2. The van der Waals surface area contributed by atoms with Gasteiger partial charge in [0.2, 0.25) is 5.91 Å². The van der Waals surface area contributed by atoms with Gasteiger partial charge in [0.25, 0.3) is 0 Å². The molecule has 0 fully saturated rings. The fourth-order valence-electron chi connectivity index (χ4n) is 1.79. The summed E-state index contributed by atoms with van der Waals surface area (Å²) in [5.41, 5.74) is 0.971. The van der Waals surface area contributed by atoms with Crippen molar-refractivity contribution in [3.05, 3.63) is 23.8 Å². The molecule has 0 spiro atoms. The van der Waals surface area contributed by atoms with Gasteiger partial charge >= 0.3 is 0 Å². The highest BCUT2D eigenvalue weighted by Crippen LogP contribution is 2.27. The van der Waals surface area contributed by atoms with Crippen molar-refractivity contribution in [2.24, 2.45) is 0 Å². The van der Waals surface area contributed by atoms with Crippen molar-refractivity contribution < 1.29 is 14.3 Å². The summed E-state index contributed by atoms with van der Waals surface area (Å²) in [5.74, 6) is 1.34. The first-order valence-corrected chi connectivity index (χ1v) is 6.84. The minimum Gasteiger partial charge on any atom is -0.493 e. The Morgan fingerprint density at radius 1 is 1.24 bits per heavy atom. The molecule has 0 aliphatic rings. The van der Waals surface area contributed by atoms with Crippen LogP contribution in [0.3, 0.4) is 0 Å². The number of hydrogen-bond acceptors (Lipinski definition) is 4. The smallest absolute Gasteiger partial charge is 0.237 e. The second-order valence-electron chi connectivity index (χ2n) is 4.58. The van der Waals surface area contributed by atoms with E-state index in [1.807, 2.05) is 25.1 Å². The molecule has 0 saturated carbocycles. The molecule has 0 aliphatic carbocycles. The lowest BCUT2D eigenvalue weighted by Gasteiger charge is -2.14. The third-order valence-corrected chi connectivity index (χ3v) is 3.01. The van der Waals surface area contributed by atoms with Gasteiger partial charge in [0, 0.05) is 6.54 Å². The van der Waals surface area contributed by atoms with Gasteiger partial charge in [-0.25, -0.2) is 0 Å². The highest BCUT2D eigenvalue weighted by molar-refractivity contribution is 5.85. The van der Waals surface area contributed by atoms with E-state index in [4.69, 9.17) is 9.47 Å². The lowest BCUT2D eigenvalue weighted by molar-refractivity contribution is -0.122. The molecular weight excluding hydrogens is 292 g/mol. The molecule has 0 heterocycles. The molecule has 1 rings (SSSR count). The number of rotatable bonds is 8. The molecule has 21 heavy (non-hydrogen) atoms. The summed E-state index contributed by atoms with van der Waals surface area (Å²) in [6.07, 6.45) is 1.01. The Morgan fingerprint density at radius 2 is 1.90 bits per heavy atom. The van der Waals surface area contributed by atoms with Crippen molar-refractivity contribution in [2.45, 2.75) is 32.9 Å². The zero-order valence-electron chi connectivity index (χ0n) is 13.1. The van der Waals surface area contributed by atoms with Crippen LogP contribution < -0.4 is 20.1 Å². The molecule has 0 bridgehead atoms. The van der Waals surface area contributed by atoms with Crippen molar-refractivity contribution in [1.29, 1.82) is 0 Å². The summed E-state index contributed by atoms with van der Waals surface area (Å²) in [6, 6.07) is 5.42. The highest BCUT2D eigenvalue weighted by Gasteiger charge is 2.11. The van der Waals surface area contributed by atoms with Gasteiger partial charge < -0.3 is 20.1 Å². The van der Waals surface area contributed by atoms with Gasteiger partial charge in [0.1, 0.15) is 0 Å². The summed E-state index contributed by atoms with van der Waals surface area (Å²) in [6.45, 7) is 5.24. The Kier molecular flexibility index (Phi) is 9.58. The summed E-state index contributed by atoms with van der Waals surface area (Å²) < 4.78 is 10.4. The average Bonchev–Trinajstić information content (AvgIpc) is 2.49. The third-order valence-electron chi connectivity index (χ3n) is 3.01. The first-order valence-electron chi connectivity index (χ1n) is 6.84. The van der Waals surface area contributed by atoms with Crippen LogP contribution in [0.15, 0.2) is 18.2 Å². The van der Waals surface area contributed by atoms with Gasteiger partial charge in [-0.1, -0.05) is 13.0 Å². The summed E-state index contributed by atoms with van der Waals surface area (Å²) in [7, 11) is 3.19. The minimum absolute atomic E-state index is 0. The van der Waals surface area contributed by atoms with Gasteiger partial charge in [-0.2, -0.15) is 0 Å². The number of amides is 1. The molecule has 1 amide bonds. The zero-order chi connectivity index (χ0) is 15.0. The predicted octanol–water partition coefficient (Wildman–Crippen LogP) is 2.13. The van der Waals surface area contributed by atoms with Crippen LogP contribution in [0.4, 0.5) is 0 Å². The number of hydrogen-bond donors (Lipinski definition) is 2. The summed E-state index contributed by atoms with van der Waals surface area (Å²) >= 11 is 0. The van der Waals surface area contributed by atoms with E-state index in [0.717, 1.165) is 18.5 Å². The second kappa shape index (κ2) is 10.3. The van der Waals surface area contributed by atoms with E-state index in [0.29, 0.717) is 18.0 Å². The van der Waals surface area contributed by atoms with Crippen molar-refractivity contribution >= 4 is 18.3 Å². The van der Waals surface area contributed by atoms with E-state index >= 15 is 0 Å². The van der Waals surface area contributed by atoms with Crippen LogP contribution in [-0.2, 0) is 11.3 Å².